The van der Waals surface area contributed by atoms with Gasteiger partial charge in [-0.2, -0.15) is 0 Å². The van der Waals surface area contributed by atoms with Crippen LogP contribution in [0.15, 0.2) is 35.4 Å². The van der Waals surface area contributed by atoms with E-state index in [9.17, 15) is 14.0 Å². The van der Waals surface area contributed by atoms with Crippen LogP contribution in [0.2, 0.25) is 0 Å². The quantitative estimate of drug-likeness (QED) is 0.723. The Morgan fingerprint density at radius 2 is 2.00 bits per heavy atom. The van der Waals surface area contributed by atoms with Gasteiger partial charge in [0.15, 0.2) is 0 Å². The smallest absolute Gasteiger partial charge is 0.262 e. The molecule has 3 aromatic rings. The highest BCUT2D eigenvalue weighted by molar-refractivity contribution is 7.18. The lowest BCUT2D eigenvalue weighted by Crippen LogP contribution is -2.29. The Morgan fingerprint density at radius 1 is 1.27 bits per heavy atom. The van der Waals surface area contributed by atoms with Gasteiger partial charge in [-0.15, -0.1) is 11.3 Å². The number of carbonyl (C=O) groups is 1. The van der Waals surface area contributed by atoms with E-state index >= 15 is 0 Å². The van der Waals surface area contributed by atoms with Gasteiger partial charge in [0.05, 0.1) is 11.7 Å². The summed E-state index contributed by atoms with van der Waals surface area (Å²) >= 11 is 1.51. The predicted molar refractivity (Wildman–Crippen MR) is 101 cm³/mol. The number of nitrogens with zero attached hydrogens (tertiary/aromatic N) is 2. The number of halogens is 1. The molecule has 5 nitrogen and oxygen atoms in total. The van der Waals surface area contributed by atoms with E-state index in [1.54, 1.807) is 12.1 Å². The molecule has 0 bridgehead atoms. The first kappa shape index (κ1) is 18.3. The number of fused-ring (bicyclic) bond motifs is 1. The summed E-state index contributed by atoms with van der Waals surface area (Å²) in [6, 6.07) is 6.21. The van der Waals surface area contributed by atoms with Gasteiger partial charge in [0.2, 0.25) is 5.91 Å². The van der Waals surface area contributed by atoms with Gasteiger partial charge in [-0.05, 0) is 43.5 Å². The average molecular weight is 373 g/mol. The monoisotopic (exact) mass is 373 g/mol. The number of aromatic nitrogens is 2. The van der Waals surface area contributed by atoms with Crippen LogP contribution in [0, 0.1) is 19.7 Å². The van der Waals surface area contributed by atoms with E-state index in [1.165, 1.54) is 34.4 Å². The third-order valence-electron chi connectivity index (χ3n) is 4.38. The molecule has 1 N–H and O–H groups in total. The van der Waals surface area contributed by atoms with Crippen molar-refractivity contribution in [3.63, 3.8) is 0 Å². The first-order valence-corrected chi connectivity index (χ1v) is 9.23. The molecule has 7 heteroatoms. The zero-order valence-corrected chi connectivity index (χ0v) is 15.5. The van der Waals surface area contributed by atoms with E-state index in [4.69, 9.17) is 0 Å². The maximum atomic E-state index is 12.9. The van der Waals surface area contributed by atoms with Crippen LogP contribution in [0.4, 0.5) is 4.39 Å². The maximum absolute atomic E-state index is 12.9. The van der Waals surface area contributed by atoms with Crippen molar-refractivity contribution in [1.82, 2.24) is 14.9 Å². The average Bonchev–Trinajstić information content (AvgIpc) is 2.91. The van der Waals surface area contributed by atoms with Crippen molar-refractivity contribution in [1.29, 1.82) is 0 Å². The number of aryl methyl sites for hydroxylation is 3. The highest BCUT2D eigenvalue weighted by Gasteiger charge is 2.12. The van der Waals surface area contributed by atoms with E-state index in [0.29, 0.717) is 24.9 Å². The summed E-state index contributed by atoms with van der Waals surface area (Å²) < 4.78 is 14.3. The molecule has 0 radical (unpaired) electrons. The van der Waals surface area contributed by atoms with Crippen molar-refractivity contribution in [2.24, 2.45) is 0 Å². The number of rotatable bonds is 6. The Morgan fingerprint density at radius 3 is 2.73 bits per heavy atom. The van der Waals surface area contributed by atoms with Crippen LogP contribution >= 0.6 is 11.3 Å². The molecule has 0 saturated carbocycles. The maximum Gasteiger partial charge on any atom is 0.262 e. The Kier molecular flexibility index (Phi) is 5.46. The lowest BCUT2D eigenvalue weighted by Gasteiger charge is -2.07. The third kappa shape index (κ3) is 3.99. The van der Waals surface area contributed by atoms with Crippen molar-refractivity contribution in [3.05, 3.63) is 62.8 Å². The zero-order valence-electron chi connectivity index (χ0n) is 14.7. The molecule has 2 heterocycles. The highest BCUT2D eigenvalue weighted by Crippen LogP contribution is 2.25. The van der Waals surface area contributed by atoms with Crippen molar-refractivity contribution < 1.29 is 9.18 Å². The number of hydrogen-bond acceptors (Lipinski definition) is 4. The van der Waals surface area contributed by atoms with Gasteiger partial charge in [0, 0.05) is 24.4 Å². The summed E-state index contributed by atoms with van der Waals surface area (Å²) in [7, 11) is 0. The molecular formula is C19H20FN3O2S. The van der Waals surface area contributed by atoms with Crippen LogP contribution in [-0.2, 0) is 17.8 Å². The Hall–Kier alpha value is -2.54. The SMILES string of the molecule is Cc1sc2ncn(CCC(=O)NCCc3ccc(F)cc3)c(=O)c2c1C. The molecule has 0 aliphatic heterocycles. The molecule has 0 fully saturated rings. The second kappa shape index (κ2) is 7.78. The molecule has 26 heavy (non-hydrogen) atoms. The van der Waals surface area contributed by atoms with Crippen molar-refractivity contribution in [2.45, 2.75) is 33.2 Å². The largest absolute Gasteiger partial charge is 0.356 e. The first-order valence-electron chi connectivity index (χ1n) is 8.42. The van der Waals surface area contributed by atoms with Gasteiger partial charge in [-0.25, -0.2) is 9.37 Å². The van der Waals surface area contributed by atoms with Gasteiger partial charge >= 0.3 is 0 Å². The minimum absolute atomic E-state index is 0.101. The summed E-state index contributed by atoms with van der Waals surface area (Å²) in [6.07, 6.45) is 2.34. The first-order chi connectivity index (χ1) is 12.5. The van der Waals surface area contributed by atoms with E-state index < -0.39 is 0 Å². The topological polar surface area (TPSA) is 64.0 Å². The second-order valence-electron chi connectivity index (χ2n) is 6.18. The van der Waals surface area contributed by atoms with Crippen LogP contribution in [-0.4, -0.2) is 22.0 Å². The fourth-order valence-corrected chi connectivity index (χ4v) is 3.72. The van der Waals surface area contributed by atoms with Crippen molar-refractivity contribution >= 4 is 27.5 Å². The molecule has 0 aliphatic rings. The molecule has 2 aromatic heterocycles. The number of amides is 1. The lowest BCUT2D eigenvalue weighted by atomic mass is 10.1. The highest BCUT2D eigenvalue weighted by atomic mass is 32.1. The van der Waals surface area contributed by atoms with Gasteiger partial charge in [-0.1, -0.05) is 12.1 Å². The summed E-state index contributed by atoms with van der Waals surface area (Å²) in [5, 5.41) is 3.47. The van der Waals surface area contributed by atoms with Crippen molar-refractivity contribution in [3.8, 4) is 0 Å². The van der Waals surface area contributed by atoms with Crippen LogP contribution in [0.5, 0.6) is 0 Å². The molecule has 0 spiro atoms. The molecule has 0 unspecified atom stereocenters. The van der Waals surface area contributed by atoms with E-state index in [0.717, 1.165) is 20.8 Å². The molecule has 1 aromatic carbocycles. The number of benzene rings is 1. The minimum atomic E-state index is -0.273. The molecule has 136 valence electrons. The summed E-state index contributed by atoms with van der Waals surface area (Å²) in [6.45, 7) is 4.65. The predicted octanol–water partition coefficient (Wildman–Crippen LogP) is 2.96. The summed E-state index contributed by atoms with van der Waals surface area (Å²) in [5.41, 5.74) is 1.82. The zero-order chi connectivity index (χ0) is 18.7. The number of nitrogens with one attached hydrogen (secondary N) is 1. The Labute approximate surface area is 154 Å². The van der Waals surface area contributed by atoms with Crippen LogP contribution in [0.3, 0.4) is 0 Å². The third-order valence-corrected chi connectivity index (χ3v) is 5.50. The molecule has 1 amide bonds. The van der Waals surface area contributed by atoms with Gasteiger partial charge in [-0.3, -0.25) is 14.2 Å². The number of carbonyl (C=O) groups excluding carboxylic acids is 1. The van der Waals surface area contributed by atoms with E-state index in [1.807, 2.05) is 13.8 Å². The second-order valence-corrected chi connectivity index (χ2v) is 7.39. The van der Waals surface area contributed by atoms with E-state index in [-0.39, 0.29) is 23.7 Å². The normalized spacial score (nSPS) is 11.0. The van der Waals surface area contributed by atoms with Gasteiger partial charge < -0.3 is 5.32 Å². The molecular weight excluding hydrogens is 353 g/mol. The van der Waals surface area contributed by atoms with Crippen LogP contribution < -0.4 is 10.9 Å². The summed E-state index contributed by atoms with van der Waals surface area (Å²) in [5.74, 6) is -0.401. The molecule has 3 rings (SSSR count). The fraction of sp³-hybridized carbons (Fsp3) is 0.316. The summed E-state index contributed by atoms with van der Waals surface area (Å²) in [4.78, 5) is 30.7. The Bertz CT molecular complexity index is 992. The number of thiophene rings is 1. The molecule has 0 saturated heterocycles. The molecule has 0 atom stereocenters. The van der Waals surface area contributed by atoms with Crippen LogP contribution in [0.1, 0.15) is 22.4 Å². The Balaban J connectivity index is 1.55. The number of hydrogen-bond donors (Lipinski definition) is 1. The van der Waals surface area contributed by atoms with E-state index in [2.05, 4.69) is 10.3 Å². The van der Waals surface area contributed by atoms with Crippen molar-refractivity contribution in [2.75, 3.05) is 6.54 Å². The van der Waals surface area contributed by atoms with Gasteiger partial charge in [0.1, 0.15) is 10.6 Å². The fourth-order valence-electron chi connectivity index (χ4n) is 2.74. The molecule has 0 aliphatic carbocycles. The van der Waals surface area contributed by atoms with Gasteiger partial charge in [0.25, 0.3) is 5.56 Å². The van der Waals surface area contributed by atoms with Crippen LogP contribution in [0.25, 0.3) is 10.2 Å². The lowest BCUT2D eigenvalue weighted by molar-refractivity contribution is -0.121. The minimum Gasteiger partial charge on any atom is -0.356 e. The standard InChI is InChI=1S/C19H20FN3O2S/c1-12-13(2)26-18-17(12)19(25)23(11-22-18)10-8-16(24)21-9-7-14-3-5-15(20)6-4-14/h3-6,11H,7-10H2,1-2H3,(H,21,24).